The molecule has 3 rings (SSSR count). The van der Waals surface area contributed by atoms with Gasteiger partial charge in [-0.1, -0.05) is 57.0 Å². The number of nitrogens with one attached hydrogen (secondary N) is 1. The molecule has 1 aliphatic carbocycles. The maximum atomic E-state index is 12.5. The third-order valence-electron chi connectivity index (χ3n) is 6.48. The zero-order valence-electron chi connectivity index (χ0n) is 17.4. The molecule has 1 heterocycles. The fourth-order valence-electron chi connectivity index (χ4n) is 4.50. The highest BCUT2D eigenvalue weighted by atomic mass is 16.5. The van der Waals surface area contributed by atoms with Crippen molar-refractivity contribution in [3.05, 3.63) is 35.9 Å². The molecule has 1 aromatic rings. The Balaban J connectivity index is 1.40. The summed E-state index contributed by atoms with van der Waals surface area (Å²) >= 11 is 0. The molecule has 4 atom stereocenters. The van der Waals surface area contributed by atoms with E-state index < -0.39 is 11.9 Å². The third-order valence-corrected chi connectivity index (χ3v) is 6.48. The zero-order chi connectivity index (χ0) is 20.8. The average molecular weight is 401 g/mol. The summed E-state index contributed by atoms with van der Waals surface area (Å²) in [6.07, 6.45) is 4.24. The summed E-state index contributed by atoms with van der Waals surface area (Å²) in [5.41, 5.74) is 1.14. The maximum Gasteiger partial charge on any atom is 0.311 e. The van der Waals surface area contributed by atoms with Crippen molar-refractivity contribution in [2.75, 3.05) is 19.7 Å². The molecule has 6 heteroatoms. The standard InChI is InChI=1S/C23H32N2O4/c1-16-7-6-10-20(17(16)2)25-14-19(13-22(25)27)23(28)29-15-21(26)24-12-11-18-8-4-3-5-9-18/h3-5,8-9,16-17,19-20H,6-7,10-15H2,1-2H3,(H,24,26)/t16-,17+,19+,20-/m0/s1. The van der Waals surface area contributed by atoms with Gasteiger partial charge in [-0.25, -0.2) is 0 Å². The number of carbonyl (C=O) groups is 3. The van der Waals surface area contributed by atoms with Gasteiger partial charge >= 0.3 is 5.97 Å². The Morgan fingerprint density at radius 1 is 1.17 bits per heavy atom. The molecule has 0 bridgehead atoms. The summed E-state index contributed by atoms with van der Waals surface area (Å²) in [6, 6.07) is 10.1. The summed E-state index contributed by atoms with van der Waals surface area (Å²) in [4.78, 5) is 38.7. The van der Waals surface area contributed by atoms with Crippen LogP contribution in [0.5, 0.6) is 0 Å². The van der Waals surface area contributed by atoms with Gasteiger partial charge in [0.1, 0.15) is 0 Å². The van der Waals surface area contributed by atoms with E-state index in [4.69, 9.17) is 4.74 Å². The Hall–Kier alpha value is -2.37. The van der Waals surface area contributed by atoms with Crippen LogP contribution in [0.2, 0.25) is 0 Å². The van der Waals surface area contributed by atoms with Gasteiger partial charge in [0.25, 0.3) is 5.91 Å². The van der Waals surface area contributed by atoms with Crippen molar-refractivity contribution in [1.82, 2.24) is 10.2 Å². The van der Waals surface area contributed by atoms with Gasteiger partial charge in [0.05, 0.1) is 5.92 Å². The molecule has 0 aromatic heterocycles. The monoisotopic (exact) mass is 400 g/mol. The number of carbonyl (C=O) groups excluding carboxylic acids is 3. The topological polar surface area (TPSA) is 75.7 Å². The van der Waals surface area contributed by atoms with Crippen molar-refractivity contribution < 1.29 is 19.1 Å². The fourth-order valence-corrected chi connectivity index (χ4v) is 4.50. The number of amides is 2. The molecule has 6 nitrogen and oxygen atoms in total. The van der Waals surface area contributed by atoms with E-state index in [0.29, 0.717) is 24.9 Å². The SMILES string of the molecule is C[C@@H]1[C@@H](C)CCC[C@@H]1N1C[C@H](C(=O)OCC(=O)NCCc2ccccc2)CC1=O. The first-order chi connectivity index (χ1) is 14.0. The van der Waals surface area contributed by atoms with Gasteiger partial charge in [-0.05, 0) is 30.2 Å². The van der Waals surface area contributed by atoms with E-state index >= 15 is 0 Å². The van der Waals surface area contributed by atoms with E-state index in [1.165, 1.54) is 6.42 Å². The highest BCUT2D eigenvalue weighted by molar-refractivity contribution is 5.88. The normalized spacial score (nSPS) is 27.0. The minimum atomic E-state index is -0.468. The molecule has 1 aromatic carbocycles. The molecule has 1 N–H and O–H groups in total. The Morgan fingerprint density at radius 2 is 1.93 bits per heavy atom. The molecule has 2 amide bonds. The zero-order valence-corrected chi connectivity index (χ0v) is 17.4. The number of hydrogen-bond acceptors (Lipinski definition) is 4. The van der Waals surface area contributed by atoms with Crippen LogP contribution in [0.3, 0.4) is 0 Å². The number of benzene rings is 1. The van der Waals surface area contributed by atoms with Gasteiger partial charge in [-0.3, -0.25) is 14.4 Å². The van der Waals surface area contributed by atoms with E-state index in [1.54, 1.807) is 0 Å². The molecule has 158 valence electrons. The summed E-state index contributed by atoms with van der Waals surface area (Å²) in [7, 11) is 0. The molecule has 1 saturated heterocycles. The van der Waals surface area contributed by atoms with Crippen LogP contribution in [-0.4, -0.2) is 48.4 Å². The van der Waals surface area contributed by atoms with Crippen molar-refractivity contribution >= 4 is 17.8 Å². The predicted octanol–water partition coefficient (Wildman–Crippen LogP) is 2.56. The molecule has 0 spiro atoms. The van der Waals surface area contributed by atoms with Gasteiger partial charge < -0.3 is 15.0 Å². The van der Waals surface area contributed by atoms with Crippen molar-refractivity contribution in [1.29, 1.82) is 0 Å². The fraction of sp³-hybridized carbons (Fsp3) is 0.609. The van der Waals surface area contributed by atoms with Gasteiger partial charge in [-0.2, -0.15) is 0 Å². The van der Waals surface area contributed by atoms with E-state index in [0.717, 1.165) is 24.8 Å². The van der Waals surface area contributed by atoms with Crippen LogP contribution in [0.4, 0.5) is 0 Å². The Morgan fingerprint density at radius 3 is 2.69 bits per heavy atom. The number of esters is 1. The molecule has 2 aliphatic rings. The van der Waals surface area contributed by atoms with Crippen LogP contribution < -0.4 is 5.32 Å². The minimum absolute atomic E-state index is 0.0326. The van der Waals surface area contributed by atoms with Crippen LogP contribution in [0, 0.1) is 17.8 Å². The van der Waals surface area contributed by atoms with Crippen molar-refractivity contribution in [3.8, 4) is 0 Å². The van der Waals surface area contributed by atoms with Gasteiger partial charge in [0.2, 0.25) is 5.91 Å². The largest absolute Gasteiger partial charge is 0.455 e. The van der Waals surface area contributed by atoms with Gasteiger partial charge in [-0.15, -0.1) is 0 Å². The lowest BCUT2D eigenvalue weighted by Gasteiger charge is -2.39. The van der Waals surface area contributed by atoms with E-state index in [2.05, 4.69) is 19.2 Å². The minimum Gasteiger partial charge on any atom is -0.455 e. The molecule has 2 fully saturated rings. The van der Waals surface area contributed by atoms with E-state index in [-0.39, 0.29) is 30.9 Å². The highest BCUT2D eigenvalue weighted by Crippen LogP contribution is 2.35. The van der Waals surface area contributed by atoms with Crippen LogP contribution in [-0.2, 0) is 25.5 Å². The third kappa shape index (κ3) is 5.58. The molecule has 0 radical (unpaired) electrons. The number of ether oxygens (including phenoxy) is 1. The van der Waals surface area contributed by atoms with Crippen molar-refractivity contribution in [3.63, 3.8) is 0 Å². The second-order valence-corrected chi connectivity index (χ2v) is 8.48. The van der Waals surface area contributed by atoms with Crippen LogP contribution in [0.15, 0.2) is 30.3 Å². The van der Waals surface area contributed by atoms with Gasteiger partial charge in [0, 0.05) is 25.6 Å². The number of rotatable bonds is 7. The molecule has 0 unspecified atom stereocenters. The van der Waals surface area contributed by atoms with Crippen molar-refractivity contribution in [2.24, 2.45) is 17.8 Å². The number of nitrogens with zero attached hydrogens (tertiary/aromatic N) is 1. The van der Waals surface area contributed by atoms with Gasteiger partial charge in [0.15, 0.2) is 6.61 Å². The van der Waals surface area contributed by atoms with E-state index in [9.17, 15) is 14.4 Å². The maximum absolute atomic E-state index is 12.5. The molecular weight excluding hydrogens is 368 g/mol. The smallest absolute Gasteiger partial charge is 0.311 e. The Bertz CT molecular complexity index is 721. The molecule has 29 heavy (non-hydrogen) atoms. The van der Waals surface area contributed by atoms with Crippen LogP contribution >= 0.6 is 0 Å². The number of likely N-dealkylation sites (tertiary alicyclic amines) is 1. The number of hydrogen-bond donors (Lipinski definition) is 1. The first-order valence-electron chi connectivity index (χ1n) is 10.7. The summed E-state index contributed by atoms with van der Waals surface area (Å²) in [5, 5.41) is 2.76. The predicted molar refractivity (Wildman–Crippen MR) is 110 cm³/mol. The first-order valence-corrected chi connectivity index (χ1v) is 10.7. The summed E-state index contributed by atoms with van der Waals surface area (Å²) < 4.78 is 5.19. The lowest BCUT2D eigenvalue weighted by molar-refractivity contribution is -0.152. The quantitative estimate of drug-likeness (QED) is 0.714. The van der Waals surface area contributed by atoms with Crippen LogP contribution in [0.25, 0.3) is 0 Å². The Kier molecular flexibility index (Phi) is 7.29. The average Bonchev–Trinajstić information content (AvgIpc) is 3.10. The molecular formula is C23H32N2O4. The van der Waals surface area contributed by atoms with Crippen LogP contribution in [0.1, 0.15) is 45.1 Å². The Labute approximate surface area is 173 Å². The van der Waals surface area contributed by atoms with E-state index in [1.807, 2.05) is 35.2 Å². The van der Waals surface area contributed by atoms with Crippen molar-refractivity contribution in [2.45, 2.75) is 52.0 Å². The molecule has 1 saturated carbocycles. The lowest BCUT2D eigenvalue weighted by atomic mass is 9.77. The lowest BCUT2D eigenvalue weighted by Crippen LogP contribution is -2.45. The second-order valence-electron chi connectivity index (χ2n) is 8.48. The highest BCUT2D eigenvalue weighted by Gasteiger charge is 2.42. The summed E-state index contributed by atoms with van der Waals surface area (Å²) in [5.74, 6) is -0.167. The summed E-state index contributed by atoms with van der Waals surface area (Å²) in [6.45, 7) is 5.05. The second kappa shape index (κ2) is 9.90. The first kappa shape index (κ1) is 21.3. The molecule has 1 aliphatic heterocycles.